The number of carbonyl (C=O) groups is 1. The molecule has 1 aliphatic rings. The van der Waals surface area contributed by atoms with Crippen LogP contribution in [0.5, 0.6) is 0 Å². The highest BCUT2D eigenvalue weighted by Gasteiger charge is 2.24. The molecule has 0 spiro atoms. The molecule has 4 nitrogen and oxygen atoms in total. The number of hydrogen-bond acceptors (Lipinski definition) is 3. The van der Waals surface area contributed by atoms with Crippen molar-refractivity contribution in [3.63, 3.8) is 0 Å². The van der Waals surface area contributed by atoms with E-state index in [4.69, 9.17) is 10.00 Å². The molecule has 4 heteroatoms. The fourth-order valence-corrected chi connectivity index (χ4v) is 2.34. The monoisotopic (exact) mass is 258 g/mol. The topological polar surface area (TPSA) is 53.3 Å². The van der Waals surface area contributed by atoms with E-state index in [0.717, 1.165) is 24.9 Å². The molecule has 100 valence electrons. The molecule has 1 unspecified atom stereocenters. The lowest BCUT2D eigenvalue weighted by atomic mass is 9.96. The van der Waals surface area contributed by atoms with E-state index in [2.05, 4.69) is 6.07 Å². The van der Waals surface area contributed by atoms with E-state index in [1.165, 1.54) is 0 Å². The zero-order valence-corrected chi connectivity index (χ0v) is 10.9. The molecule has 1 amide bonds. The van der Waals surface area contributed by atoms with Gasteiger partial charge in [0.25, 0.3) is 0 Å². The van der Waals surface area contributed by atoms with Crippen LogP contribution in [0.15, 0.2) is 30.3 Å². The Morgan fingerprint density at radius 2 is 2.21 bits per heavy atom. The first-order valence-corrected chi connectivity index (χ1v) is 6.62. The van der Waals surface area contributed by atoms with Crippen LogP contribution in [0.4, 0.5) is 4.79 Å². The summed E-state index contributed by atoms with van der Waals surface area (Å²) in [5.74, 6) is 0.294. The normalized spacial score (nSPS) is 18.7. The molecule has 0 aliphatic carbocycles. The summed E-state index contributed by atoms with van der Waals surface area (Å²) in [6.45, 7) is 1.68. The molecule has 1 atom stereocenters. The van der Waals surface area contributed by atoms with Crippen molar-refractivity contribution >= 4 is 6.09 Å². The maximum atomic E-state index is 11.9. The molecule has 1 aromatic rings. The van der Waals surface area contributed by atoms with Gasteiger partial charge in [-0.2, -0.15) is 5.26 Å². The van der Waals surface area contributed by atoms with Crippen molar-refractivity contribution in [3.8, 4) is 6.07 Å². The van der Waals surface area contributed by atoms with Crippen LogP contribution in [0.3, 0.4) is 0 Å². The summed E-state index contributed by atoms with van der Waals surface area (Å²) in [6.07, 6.45) is 2.22. The van der Waals surface area contributed by atoms with Crippen LogP contribution in [-0.2, 0) is 11.3 Å². The lowest BCUT2D eigenvalue weighted by molar-refractivity contribution is 0.0795. The van der Waals surface area contributed by atoms with Gasteiger partial charge in [-0.15, -0.1) is 0 Å². The Hall–Kier alpha value is -2.02. The molecule has 0 aromatic heterocycles. The van der Waals surface area contributed by atoms with Gasteiger partial charge in [0.1, 0.15) is 6.61 Å². The highest BCUT2D eigenvalue weighted by Crippen LogP contribution is 2.19. The number of benzene rings is 1. The number of piperidine rings is 1. The lowest BCUT2D eigenvalue weighted by Crippen LogP contribution is -2.40. The van der Waals surface area contributed by atoms with Gasteiger partial charge in [-0.1, -0.05) is 30.3 Å². The number of nitrogens with zero attached hydrogens (tertiary/aromatic N) is 2. The number of rotatable bonds is 3. The second-order valence-corrected chi connectivity index (χ2v) is 4.86. The maximum absolute atomic E-state index is 11.9. The van der Waals surface area contributed by atoms with Crippen molar-refractivity contribution in [1.82, 2.24) is 4.90 Å². The first-order chi connectivity index (χ1) is 9.29. The van der Waals surface area contributed by atoms with Gasteiger partial charge < -0.3 is 9.64 Å². The SMILES string of the molecule is N#CCC1CCCN(C(=O)OCc2ccccc2)C1. The summed E-state index contributed by atoms with van der Waals surface area (Å²) in [4.78, 5) is 13.7. The molecule has 19 heavy (non-hydrogen) atoms. The van der Waals surface area contributed by atoms with Crippen LogP contribution in [0.1, 0.15) is 24.8 Å². The maximum Gasteiger partial charge on any atom is 0.410 e. The average Bonchev–Trinajstić information content (AvgIpc) is 2.46. The van der Waals surface area contributed by atoms with Crippen LogP contribution in [0.2, 0.25) is 0 Å². The van der Waals surface area contributed by atoms with Gasteiger partial charge >= 0.3 is 6.09 Å². The molecule has 1 saturated heterocycles. The molecule has 1 fully saturated rings. The van der Waals surface area contributed by atoms with Gasteiger partial charge in [0.05, 0.1) is 6.07 Å². The molecular formula is C15H18N2O2. The van der Waals surface area contributed by atoms with Crippen molar-refractivity contribution in [1.29, 1.82) is 5.26 Å². The van der Waals surface area contributed by atoms with Crippen LogP contribution < -0.4 is 0 Å². The third-order valence-corrected chi connectivity index (χ3v) is 3.36. The second-order valence-electron chi connectivity index (χ2n) is 4.86. The van der Waals surface area contributed by atoms with Crippen molar-refractivity contribution in [2.24, 2.45) is 5.92 Å². The van der Waals surface area contributed by atoms with E-state index in [9.17, 15) is 4.79 Å². The van der Waals surface area contributed by atoms with Crippen molar-refractivity contribution < 1.29 is 9.53 Å². The Kier molecular flexibility index (Phi) is 4.79. The Bertz CT molecular complexity index is 453. The van der Waals surface area contributed by atoms with Gasteiger partial charge in [-0.05, 0) is 24.3 Å². The van der Waals surface area contributed by atoms with E-state index in [0.29, 0.717) is 25.5 Å². The highest BCUT2D eigenvalue weighted by molar-refractivity contribution is 5.67. The predicted octanol–water partition coefficient (Wildman–Crippen LogP) is 2.95. The van der Waals surface area contributed by atoms with Gasteiger partial charge in [-0.3, -0.25) is 0 Å². The first-order valence-electron chi connectivity index (χ1n) is 6.62. The van der Waals surface area contributed by atoms with E-state index < -0.39 is 0 Å². The fraction of sp³-hybridized carbons (Fsp3) is 0.467. The molecule has 2 rings (SSSR count). The van der Waals surface area contributed by atoms with Gasteiger partial charge in [0, 0.05) is 19.5 Å². The summed E-state index contributed by atoms with van der Waals surface area (Å²) in [5, 5.41) is 8.71. The molecule has 0 radical (unpaired) electrons. The van der Waals surface area contributed by atoms with Crippen LogP contribution in [-0.4, -0.2) is 24.1 Å². The van der Waals surface area contributed by atoms with Crippen LogP contribution in [0.25, 0.3) is 0 Å². The third-order valence-electron chi connectivity index (χ3n) is 3.36. The number of nitriles is 1. The van der Waals surface area contributed by atoms with Crippen LogP contribution >= 0.6 is 0 Å². The third kappa shape index (κ3) is 3.99. The average molecular weight is 258 g/mol. The molecule has 1 aromatic carbocycles. The number of carbonyl (C=O) groups excluding carboxylic acids is 1. The fourth-order valence-electron chi connectivity index (χ4n) is 2.34. The van der Waals surface area contributed by atoms with Gasteiger partial charge in [-0.25, -0.2) is 4.79 Å². The molecule has 0 bridgehead atoms. The van der Waals surface area contributed by atoms with E-state index in [1.54, 1.807) is 4.90 Å². The number of hydrogen-bond donors (Lipinski definition) is 0. The Morgan fingerprint density at radius 1 is 1.42 bits per heavy atom. The summed E-state index contributed by atoms with van der Waals surface area (Å²) in [6, 6.07) is 11.8. The molecule has 1 heterocycles. The largest absolute Gasteiger partial charge is 0.445 e. The smallest absolute Gasteiger partial charge is 0.410 e. The minimum absolute atomic E-state index is 0.272. The Balaban J connectivity index is 1.81. The van der Waals surface area contributed by atoms with Crippen molar-refractivity contribution in [2.75, 3.05) is 13.1 Å². The second kappa shape index (κ2) is 6.79. The Morgan fingerprint density at radius 3 is 2.95 bits per heavy atom. The highest BCUT2D eigenvalue weighted by atomic mass is 16.6. The molecule has 1 aliphatic heterocycles. The van der Waals surface area contributed by atoms with E-state index in [1.807, 2.05) is 30.3 Å². The number of ether oxygens (including phenoxy) is 1. The van der Waals surface area contributed by atoms with Crippen molar-refractivity contribution in [3.05, 3.63) is 35.9 Å². The summed E-state index contributed by atoms with van der Waals surface area (Å²) >= 11 is 0. The standard InChI is InChI=1S/C15H18N2O2/c16-9-8-13-7-4-10-17(11-13)15(18)19-12-14-5-2-1-3-6-14/h1-3,5-6,13H,4,7-8,10-12H2. The van der Waals surface area contributed by atoms with E-state index in [-0.39, 0.29) is 6.09 Å². The lowest BCUT2D eigenvalue weighted by Gasteiger charge is -2.30. The number of amides is 1. The van der Waals surface area contributed by atoms with Gasteiger partial charge in [0.2, 0.25) is 0 Å². The number of likely N-dealkylation sites (tertiary alicyclic amines) is 1. The summed E-state index contributed by atoms with van der Waals surface area (Å²) in [5.41, 5.74) is 0.987. The predicted molar refractivity (Wildman–Crippen MR) is 71.2 cm³/mol. The molecule has 0 saturated carbocycles. The van der Waals surface area contributed by atoms with Gasteiger partial charge in [0.15, 0.2) is 0 Å². The minimum Gasteiger partial charge on any atom is -0.445 e. The molecular weight excluding hydrogens is 240 g/mol. The van der Waals surface area contributed by atoms with Crippen LogP contribution in [0, 0.1) is 17.2 Å². The van der Waals surface area contributed by atoms with Crippen molar-refractivity contribution in [2.45, 2.75) is 25.9 Å². The zero-order valence-electron chi connectivity index (χ0n) is 10.9. The zero-order chi connectivity index (χ0) is 13.5. The first kappa shape index (κ1) is 13.4. The molecule has 0 N–H and O–H groups in total. The quantitative estimate of drug-likeness (QED) is 0.837. The Labute approximate surface area is 113 Å². The minimum atomic E-state index is -0.272. The summed E-state index contributed by atoms with van der Waals surface area (Å²) in [7, 11) is 0. The van der Waals surface area contributed by atoms with E-state index >= 15 is 0 Å². The summed E-state index contributed by atoms with van der Waals surface area (Å²) < 4.78 is 5.30.